The molecule has 2 amide bonds. The molecule has 0 radical (unpaired) electrons. The smallest absolute Gasteiger partial charge is 0.266 e. The van der Waals surface area contributed by atoms with Crippen molar-refractivity contribution in [2.45, 2.75) is 32.4 Å². The van der Waals surface area contributed by atoms with Gasteiger partial charge in [0.05, 0.1) is 37.7 Å². The lowest BCUT2D eigenvalue weighted by Crippen LogP contribution is -2.37. The Morgan fingerprint density at radius 1 is 0.838 bits per heavy atom. The molecular weight excluding hydrogens is 472 g/mol. The van der Waals surface area contributed by atoms with Crippen LogP contribution in [0.3, 0.4) is 0 Å². The second kappa shape index (κ2) is 10.5. The summed E-state index contributed by atoms with van der Waals surface area (Å²) in [5.41, 5.74) is 1.99. The highest BCUT2D eigenvalue weighted by Crippen LogP contribution is 2.48. The van der Waals surface area contributed by atoms with Crippen LogP contribution in [0.1, 0.15) is 31.9 Å². The van der Waals surface area contributed by atoms with Crippen LogP contribution in [0.2, 0.25) is 0 Å². The fourth-order valence-corrected chi connectivity index (χ4v) is 4.89. The van der Waals surface area contributed by atoms with E-state index >= 15 is 0 Å². The van der Waals surface area contributed by atoms with E-state index in [-0.39, 0.29) is 5.91 Å². The molecule has 5 rings (SSSR count). The van der Waals surface area contributed by atoms with E-state index in [4.69, 9.17) is 19.0 Å². The van der Waals surface area contributed by atoms with E-state index in [0.717, 1.165) is 17.7 Å². The van der Waals surface area contributed by atoms with Crippen LogP contribution in [0.25, 0.3) is 0 Å². The van der Waals surface area contributed by atoms with Gasteiger partial charge >= 0.3 is 0 Å². The quantitative estimate of drug-likeness (QED) is 0.384. The van der Waals surface area contributed by atoms with Crippen LogP contribution in [0, 0.1) is 5.92 Å². The second-order valence-corrected chi connectivity index (χ2v) is 8.86. The first-order chi connectivity index (χ1) is 18.1. The number of hydroxylamine groups is 1. The predicted molar refractivity (Wildman–Crippen MR) is 139 cm³/mol. The van der Waals surface area contributed by atoms with Crippen molar-refractivity contribution in [3.8, 4) is 17.2 Å². The summed E-state index contributed by atoms with van der Waals surface area (Å²) in [6.07, 6.45) is -0.0976. The Labute approximate surface area is 216 Å². The SMILES string of the molecule is CCCOc1ccc([C@@H]2[C@@H]3C(=O)N(c4cccc(OCC)c4)C(=O)[C@H]3ON2c2ccccc2)cc1OC. The van der Waals surface area contributed by atoms with Crippen molar-refractivity contribution in [1.82, 2.24) is 0 Å². The number of hydrogen-bond donors (Lipinski definition) is 0. The third-order valence-corrected chi connectivity index (χ3v) is 6.50. The lowest BCUT2D eigenvalue weighted by atomic mass is 9.90. The Balaban J connectivity index is 1.55. The minimum Gasteiger partial charge on any atom is -0.494 e. The summed E-state index contributed by atoms with van der Waals surface area (Å²) in [6.45, 7) is 4.96. The third-order valence-electron chi connectivity index (χ3n) is 6.50. The molecule has 2 aliphatic heterocycles. The topological polar surface area (TPSA) is 77.5 Å². The Hall–Kier alpha value is -4.04. The molecule has 3 aromatic carbocycles. The lowest BCUT2D eigenvalue weighted by molar-refractivity contribution is -0.126. The van der Waals surface area contributed by atoms with Crippen LogP contribution < -0.4 is 24.2 Å². The molecule has 2 heterocycles. The maximum absolute atomic E-state index is 13.9. The number of hydrogen-bond acceptors (Lipinski definition) is 7. The normalized spacial score (nSPS) is 20.8. The highest BCUT2D eigenvalue weighted by atomic mass is 16.7. The van der Waals surface area contributed by atoms with Crippen molar-refractivity contribution >= 4 is 23.2 Å². The number of para-hydroxylation sites is 1. The number of carbonyl (C=O) groups excluding carboxylic acids is 2. The van der Waals surface area contributed by atoms with Crippen molar-refractivity contribution in [2.24, 2.45) is 5.92 Å². The van der Waals surface area contributed by atoms with Gasteiger partial charge in [-0.15, -0.1) is 0 Å². The first kappa shape index (κ1) is 24.6. The number of benzene rings is 3. The number of methoxy groups -OCH3 is 1. The molecule has 0 spiro atoms. The molecule has 3 atom stereocenters. The summed E-state index contributed by atoms with van der Waals surface area (Å²) >= 11 is 0. The van der Waals surface area contributed by atoms with Crippen LogP contribution in [0.15, 0.2) is 72.8 Å². The van der Waals surface area contributed by atoms with Crippen molar-refractivity contribution in [1.29, 1.82) is 0 Å². The van der Waals surface area contributed by atoms with Crippen molar-refractivity contribution in [3.05, 3.63) is 78.4 Å². The molecule has 0 unspecified atom stereocenters. The van der Waals surface area contributed by atoms with Gasteiger partial charge in [0, 0.05) is 6.07 Å². The molecule has 2 saturated heterocycles. The average molecular weight is 503 g/mol. The van der Waals surface area contributed by atoms with Gasteiger partial charge < -0.3 is 14.2 Å². The average Bonchev–Trinajstić information content (AvgIpc) is 3.44. The molecule has 0 aromatic heterocycles. The van der Waals surface area contributed by atoms with Gasteiger partial charge in [-0.05, 0) is 55.3 Å². The maximum atomic E-state index is 13.9. The molecule has 37 heavy (non-hydrogen) atoms. The van der Waals surface area contributed by atoms with Crippen LogP contribution in [0.5, 0.6) is 17.2 Å². The second-order valence-electron chi connectivity index (χ2n) is 8.86. The van der Waals surface area contributed by atoms with E-state index in [9.17, 15) is 9.59 Å². The highest BCUT2D eigenvalue weighted by Gasteiger charge is 2.60. The van der Waals surface area contributed by atoms with E-state index in [0.29, 0.717) is 36.1 Å². The number of rotatable bonds is 9. The summed E-state index contributed by atoms with van der Waals surface area (Å²) in [5, 5.41) is 1.67. The van der Waals surface area contributed by atoms with Gasteiger partial charge in [-0.2, -0.15) is 0 Å². The molecule has 0 aliphatic carbocycles. The molecule has 2 fully saturated rings. The molecule has 0 N–H and O–H groups in total. The van der Waals surface area contributed by atoms with Crippen LogP contribution in [-0.2, 0) is 14.4 Å². The van der Waals surface area contributed by atoms with Gasteiger partial charge in [0.25, 0.3) is 5.91 Å². The fraction of sp³-hybridized carbons (Fsp3) is 0.310. The zero-order valence-electron chi connectivity index (χ0n) is 21.1. The first-order valence-electron chi connectivity index (χ1n) is 12.5. The molecular formula is C29H30N2O6. The molecule has 192 valence electrons. The zero-order chi connectivity index (χ0) is 25.9. The van der Waals surface area contributed by atoms with Crippen LogP contribution >= 0.6 is 0 Å². The summed E-state index contributed by atoms with van der Waals surface area (Å²) in [4.78, 5) is 34.9. The van der Waals surface area contributed by atoms with Gasteiger partial charge in [-0.1, -0.05) is 37.3 Å². The van der Waals surface area contributed by atoms with Crippen LogP contribution in [0.4, 0.5) is 11.4 Å². The van der Waals surface area contributed by atoms with Gasteiger partial charge in [0.2, 0.25) is 5.91 Å². The van der Waals surface area contributed by atoms with Gasteiger partial charge in [0.1, 0.15) is 11.7 Å². The summed E-state index contributed by atoms with van der Waals surface area (Å²) in [6, 6.07) is 21.5. The first-order valence-corrected chi connectivity index (χ1v) is 12.5. The zero-order valence-corrected chi connectivity index (χ0v) is 21.1. The molecule has 0 bridgehead atoms. The third kappa shape index (κ3) is 4.49. The maximum Gasteiger partial charge on any atom is 0.266 e. The number of fused-ring (bicyclic) bond motifs is 1. The summed E-state index contributed by atoms with van der Waals surface area (Å²) in [7, 11) is 1.58. The Bertz CT molecular complexity index is 1280. The Morgan fingerprint density at radius 2 is 1.62 bits per heavy atom. The molecule has 8 heteroatoms. The van der Waals surface area contributed by atoms with E-state index in [1.54, 1.807) is 36.4 Å². The Morgan fingerprint density at radius 3 is 2.35 bits per heavy atom. The Kier molecular flexibility index (Phi) is 7.01. The molecule has 0 saturated carbocycles. The minimum atomic E-state index is -0.963. The largest absolute Gasteiger partial charge is 0.494 e. The minimum absolute atomic E-state index is 0.322. The van der Waals surface area contributed by atoms with Crippen molar-refractivity contribution in [3.63, 3.8) is 0 Å². The summed E-state index contributed by atoms with van der Waals surface area (Å²) in [5.74, 6) is 0.293. The van der Waals surface area contributed by atoms with Crippen LogP contribution in [-0.4, -0.2) is 38.2 Å². The number of ether oxygens (including phenoxy) is 3. The number of nitrogens with zero attached hydrogens (tertiary/aromatic N) is 2. The molecule has 2 aliphatic rings. The van der Waals surface area contributed by atoms with Gasteiger partial charge in [-0.3, -0.25) is 14.4 Å². The van der Waals surface area contributed by atoms with Crippen molar-refractivity contribution < 1.29 is 28.6 Å². The highest BCUT2D eigenvalue weighted by molar-refractivity contribution is 6.24. The fourth-order valence-electron chi connectivity index (χ4n) is 4.89. The summed E-state index contributed by atoms with van der Waals surface area (Å²) < 4.78 is 17.0. The monoisotopic (exact) mass is 502 g/mol. The van der Waals surface area contributed by atoms with Crippen molar-refractivity contribution in [2.75, 3.05) is 30.3 Å². The molecule has 8 nitrogen and oxygen atoms in total. The standard InChI is InChI=1S/C29H30N2O6/c1-4-16-36-23-15-14-19(17-24(23)34-3)26-25-27(37-31(26)20-10-7-6-8-11-20)29(33)30(28(25)32)21-12-9-13-22(18-21)35-5-2/h6-15,17-18,25-27H,4-5,16H2,1-3H3/t25-,26+,27-/m0/s1. The predicted octanol–water partition coefficient (Wildman–Crippen LogP) is 4.93. The molecule has 3 aromatic rings. The number of amides is 2. The van der Waals surface area contributed by atoms with E-state index < -0.39 is 24.0 Å². The van der Waals surface area contributed by atoms with Gasteiger partial charge in [0.15, 0.2) is 17.6 Å². The van der Waals surface area contributed by atoms with E-state index in [1.807, 2.05) is 62.4 Å². The lowest BCUT2D eigenvalue weighted by Gasteiger charge is -2.29. The van der Waals surface area contributed by atoms with E-state index in [2.05, 4.69) is 0 Å². The van der Waals surface area contributed by atoms with Gasteiger partial charge in [-0.25, -0.2) is 9.96 Å². The van der Waals surface area contributed by atoms with E-state index in [1.165, 1.54) is 4.90 Å². The number of imide groups is 1. The number of anilines is 2. The number of carbonyl (C=O) groups is 2.